The van der Waals surface area contributed by atoms with Crippen molar-refractivity contribution in [2.75, 3.05) is 5.32 Å². The normalized spacial score (nSPS) is 19.4. The summed E-state index contributed by atoms with van der Waals surface area (Å²) in [7, 11) is 1.82. The van der Waals surface area contributed by atoms with Gasteiger partial charge in [0, 0.05) is 24.9 Å². The van der Waals surface area contributed by atoms with E-state index in [9.17, 15) is 10.1 Å². The predicted octanol–water partition coefficient (Wildman–Crippen LogP) is 3.47. The van der Waals surface area contributed by atoms with Crippen LogP contribution in [0.25, 0.3) is 11.3 Å². The maximum atomic E-state index is 11.4. The molecule has 7 nitrogen and oxygen atoms in total. The summed E-state index contributed by atoms with van der Waals surface area (Å²) < 4.78 is 1.67. The van der Waals surface area contributed by atoms with Crippen molar-refractivity contribution in [2.24, 2.45) is 7.05 Å². The van der Waals surface area contributed by atoms with Crippen LogP contribution in [0.1, 0.15) is 19.8 Å². The average Bonchev–Trinajstić information content (AvgIpc) is 3.02. The fourth-order valence-corrected chi connectivity index (χ4v) is 2.75. The van der Waals surface area contributed by atoms with Gasteiger partial charge in [0.1, 0.15) is 0 Å². The number of aromatic nitrogens is 3. The minimum Gasteiger partial charge on any atom is -0.355 e. The number of rotatable bonds is 5. The van der Waals surface area contributed by atoms with Crippen molar-refractivity contribution >= 4 is 11.5 Å². The van der Waals surface area contributed by atoms with Crippen LogP contribution in [-0.4, -0.2) is 25.2 Å². The van der Waals surface area contributed by atoms with E-state index in [0.29, 0.717) is 5.69 Å². The molecule has 0 amide bonds. The van der Waals surface area contributed by atoms with E-state index in [1.165, 1.54) is 6.07 Å². The maximum Gasteiger partial charge on any atom is 0.311 e. The molecule has 24 heavy (non-hydrogen) atoms. The van der Waals surface area contributed by atoms with E-state index in [2.05, 4.69) is 15.4 Å². The number of anilines is 1. The highest BCUT2D eigenvalue weighted by atomic mass is 16.6. The molecule has 0 saturated heterocycles. The van der Waals surface area contributed by atoms with Crippen molar-refractivity contribution in [3.05, 3.63) is 58.9 Å². The number of aryl methyl sites for hydroxylation is 1. The SMILES string of the molecule is CC[C@]1(Nc2nc(-c3cnn(C)c3)ccc2[N+](=O)[O-])C=CC=CC1. The van der Waals surface area contributed by atoms with Crippen molar-refractivity contribution < 1.29 is 4.92 Å². The third kappa shape index (κ3) is 3.05. The van der Waals surface area contributed by atoms with Gasteiger partial charge in [-0.15, -0.1) is 0 Å². The number of hydrogen-bond donors (Lipinski definition) is 1. The Bertz CT molecular complexity index is 824. The topological polar surface area (TPSA) is 85.9 Å². The third-order valence-corrected chi connectivity index (χ3v) is 4.21. The number of nitrogens with zero attached hydrogens (tertiary/aromatic N) is 4. The molecule has 0 radical (unpaired) electrons. The third-order valence-electron chi connectivity index (χ3n) is 4.21. The number of nitro groups is 1. The monoisotopic (exact) mass is 325 g/mol. The molecule has 0 fully saturated rings. The van der Waals surface area contributed by atoms with Gasteiger partial charge in [-0.25, -0.2) is 4.98 Å². The van der Waals surface area contributed by atoms with Crippen LogP contribution in [0, 0.1) is 10.1 Å². The second kappa shape index (κ2) is 6.27. The molecule has 0 spiro atoms. The largest absolute Gasteiger partial charge is 0.355 e. The molecule has 2 heterocycles. The average molecular weight is 325 g/mol. The van der Waals surface area contributed by atoms with Crippen LogP contribution in [0.15, 0.2) is 48.8 Å². The second-order valence-corrected chi connectivity index (χ2v) is 5.85. The first-order valence-electron chi connectivity index (χ1n) is 7.80. The Kier molecular flexibility index (Phi) is 4.16. The van der Waals surface area contributed by atoms with Crippen LogP contribution < -0.4 is 5.32 Å². The Morgan fingerprint density at radius 2 is 2.25 bits per heavy atom. The molecule has 1 N–H and O–H groups in total. The zero-order valence-electron chi connectivity index (χ0n) is 13.6. The summed E-state index contributed by atoms with van der Waals surface area (Å²) in [4.78, 5) is 15.5. The minimum atomic E-state index is -0.409. The first-order chi connectivity index (χ1) is 11.5. The van der Waals surface area contributed by atoms with Gasteiger partial charge in [0.2, 0.25) is 5.82 Å². The Morgan fingerprint density at radius 3 is 2.83 bits per heavy atom. The quantitative estimate of drug-likeness (QED) is 0.672. The van der Waals surface area contributed by atoms with E-state index in [1.807, 2.05) is 44.5 Å². The molecule has 3 rings (SSSR count). The van der Waals surface area contributed by atoms with Gasteiger partial charge < -0.3 is 5.32 Å². The van der Waals surface area contributed by atoms with Gasteiger partial charge in [-0.1, -0.05) is 31.2 Å². The predicted molar refractivity (Wildman–Crippen MR) is 92.6 cm³/mol. The Hall–Kier alpha value is -2.96. The maximum absolute atomic E-state index is 11.4. The molecule has 2 aromatic rings. The van der Waals surface area contributed by atoms with Crippen molar-refractivity contribution in [3.63, 3.8) is 0 Å². The molecule has 1 atom stereocenters. The van der Waals surface area contributed by atoms with Crippen molar-refractivity contribution in [2.45, 2.75) is 25.3 Å². The first-order valence-corrected chi connectivity index (χ1v) is 7.80. The summed E-state index contributed by atoms with van der Waals surface area (Å²) in [6.07, 6.45) is 13.1. The van der Waals surface area contributed by atoms with Crippen LogP contribution in [-0.2, 0) is 7.05 Å². The van der Waals surface area contributed by atoms with Crippen LogP contribution in [0.4, 0.5) is 11.5 Å². The zero-order chi connectivity index (χ0) is 17.2. The zero-order valence-corrected chi connectivity index (χ0v) is 13.6. The fraction of sp³-hybridized carbons (Fsp3) is 0.294. The molecule has 0 aromatic carbocycles. The summed E-state index contributed by atoms with van der Waals surface area (Å²) in [5, 5.41) is 18.8. The van der Waals surface area contributed by atoms with E-state index in [1.54, 1.807) is 16.9 Å². The number of pyridine rings is 1. The Morgan fingerprint density at radius 1 is 1.42 bits per heavy atom. The van der Waals surface area contributed by atoms with E-state index in [-0.39, 0.29) is 17.0 Å². The van der Waals surface area contributed by atoms with Crippen LogP contribution in [0.5, 0.6) is 0 Å². The summed E-state index contributed by atoms with van der Waals surface area (Å²) in [6.45, 7) is 2.05. The van der Waals surface area contributed by atoms with Gasteiger partial charge in [-0.3, -0.25) is 14.8 Å². The van der Waals surface area contributed by atoms with Crippen LogP contribution in [0.3, 0.4) is 0 Å². The lowest BCUT2D eigenvalue weighted by atomic mass is 9.88. The number of hydrogen-bond acceptors (Lipinski definition) is 5. The molecule has 2 aromatic heterocycles. The van der Waals surface area contributed by atoms with Crippen molar-refractivity contribution in [3.8, 4) is 11.3 Å². The molecule has 0 saturated carbocycles. The highest BCUT2D eigenvalue weighted by molar-refractivity contribution is 5.67. The van der Waals surface area contributed by atoms with Gasteiger partial charge in [-0.05, 0) is 18.9 Å². The van der Waals surface area contributed by atoms with E-state index in [0.717, 1.165) is 18.4 Å². The summed E-state index contributed by atoms with van der Waals surface area (Å²) >= 11 is 0. The molecular weight excluding hydrogens is 306 g/mol. The molecule has 0 bridgehead atoms. The first kappa shape index (κ1) is 15.9. The minimum absolute atomic E-state index is 0.0292. The number of allylic oxidation sites excluding steroid dienone is 2. The molecule has 1 aliphatic carbocycles. The van der Waals surface area contributed by atoms with Crippen molar-refractivity contribution in [1.82, 2.24) is 14.8 Å². The lowest BCUT2D eigenvalue weighted by molar-refractivity contribution is -0.384. The molecule has 0 unspecified atom stereocenters. The Balaban J connectivity index is 2.02. The Labute approximate surface area is 139 Å². The molecule has 7 heteroatoms. The number of nitrogens with one attached hydrogen (secondary N) is 1. The van der Waals surface area contributed by atoms with Gasteiger partial charge in [0.15, 0.2) is 0 Å². The van der Waals surface area contributed by atoms with E-state index in [4.69, 9.17) is 0 Å². The van der Waals surface area contributed by atoms with E-state index < -0.39 is 4.92 Å². The molecule has 124 valence electrons. The van der Waals surface area contributed by atoms with Crippen LogP contribution >= 0.6 is 0 Å². The van der Waals surface area contributed by atoms with Crippen molar-refractivity contribution in [1.29, 1.82) is 0 Å². The van der Waals surface area contributed by atoms with Gasteiger partial charge in [0.25, 0.3) is 0 Å². The fourth-order valence-electron chi connectivity index (χ4n) is 2.75. The molecule has 1 aliphatic rings. The lowest BCUT2D eigenvalue weighted by Gasteiger charge is -2.31. The van der Waals surface area contributed by atoms with Gasteiger partial charge in [0.05, 0.1) is 22.4 Å². The highest BCUT2D eigenvalue weighted by Crippen LogP contribution is 2.32. The highest BCUT2D eigenvalue weighted by Gasteiger charge is 2.29. The summed E-state index contributed by atoms with van der Waals surface area (Å²) in [6, 6.07) is 3.14. The standard InChI is InChI=1S/C17H19N5O2/c1-3-17(9-5-4-6-10-17)20-16-15(22(23)24)8-7-14(19-16)13-11-18-21(2)12-13/h4-9,11-12H,3,10H2,1-2H3,(H,19,20)/t17-/m0/s1. The molecular formula is C17H19N5O2. The molecule has 0 aliphatic heterocycles. The summed E-state index contributed by atoms with van der Waals surface area (Å²) in [5.41, 5.74) is 1.08. The van der Waals surface area contributed by atoms with Gasteiger partial charge >= 0.3 is 5.69 Å². The lowest BCUT2D eigenvalue weighted by Crippen LogP contribution is -2.36. The summed E-state index contributed by atoms with van der Waals surface area (Å²) in [5.74, 6) is 0.281. The smallest absolute Gasteiger partial charge is 0.311 e. The van der Waals surface area contributed by atoms with Crippen LogP contribution in [0.2, 0.25) is 0 Å². The van der Waals surface area contributed by atoms with E-state index >= 15 is 0 Å². The second-order valence-electron chi connectivity index (χ2n) is 5.85. The van der Waals surface area contributed by atoms with Gasteiger partial charge in [-0.2, -0.15) is 5.10 Å².